The lowest BCUT2D eigenvalue weighted by Crippen LogP contribution is -1.99. The minimum atomic E-state index is -0.114. The van der Waals surface area contributed by atoms with Gasteiger partial charge in [-0.3, -0.25) is 14.4 Å². The molecule has 0 unspecified atom stereocenters. The zero-order chi connectivity index (χ0) is 28.4. The number of carbonyl (C=O) groups excluding carboxylic acids is 3. The summed E-state index contributed by atoms with van der Waals surface area (Å²) >= 11 is 0. The Balaban J connectivity index is -0.000000504. The Hall–Kier alpha value is -1.97. The molecular weight excluding hydrogens is 460 g/mol. The quantitative estimate of drug-likeness (QED) is 0.0858. The van der Waals surface area contributed by atoms with Crippen LogP contribution in [0.4, 0.5) is 0 Å². The topological polar surface area (TPSA) is 60.4 Å². The zero-order valence-corrected chi connectivity index (χ0v) is 25.3. The van der Waals surface area contributed by atoms with Crippen molar-refractivity contribution in [2.45, 2.75) is 150 Å². The summed E-state index contributed by atoms with van der Waals surface area (Å²) < 4.78 is 4.57. The van der Waals surface area contributed by atoms with Gasteiger partial charge in [-0.05, 0) is 58.8 Å². The zero-order valence-electron chi connectivity index (χ0n) is 25.3. The minimum absolute atomic E-state index is 0.114. The fraction of sp³-hybridized carbons (Fsp3) is 0.727. The summed E-state index contributed by atoms with van der Waals surface area (Å²) in [5, 5.41) is 0. The van der Waals surface area contributed by atoms with Gasteiger partial charge in [0, 0.05) is 19.3 Å². The van der Waals surface area contributed by atoms with Crippen molar-refractivity contribution in [3.05, 3.63) is 36.5 Å². The number of methoxy groups -OCH3 is 1. The summed E-state index contributed by atoms with van der Waals surface area (Å²) in [4.78, 5) is 31.7. The highest BCUT2D eigenvalue weighted by atomic mass is 16.5. The number of ketones is 2. The van der Waals surface area contributed by atoms with Gasteiger partial charge in [-0.25, -0.2) is 0 Å². The van der Waals surface area contributed by atoms with Gasteiger partial charge in [0.2, 0.25) is 0 Å². The smallest absolute Gasteiger partial charge is 0.305 e. The molecule has 0 atom stereocenters. The molecule has 0 heterocycles. The van der Waals surface area contributed by atoms with E-state index in [1.54, 1.807) is 13.8 Å². The second-order valence-electron chi connectivity index (χ2n) is 9.48. The number of hydrogen-bond donors (Lipinski definition) is 0. The largest absolute Gasteiger partial charge is 0.469 e. The van der Waals surface area contributed by atoms with Crippen LogP contribution in [0, 0.1) is 0 Å². The standard InChI is InChI=1S/C14H24O3.C12H24.C7H12O/c1-13(15)11-9-7-5-3-4-6-8-10-12-14(16)17-2;1-3-5-7-9-11-12-10-8-6-4-2;1-3-4-5-6-7(2)8/h7,9H,3-6,8,10-12H2,1-2H3;5,7H,3-4,6,8-12H2,1-2H3;4-5H,3,6H2,1-2H3/b9-7+;7-5+;5-4-. The van der Waals surface area contributed by atoms with Gasteiger partial charge in [0.25, 0.3) is 0 Å². The summed E-state index contributed by atoms with van der Waals surface area (Å²) in [7, 11) is 1.43. The van der Waals surface area contributed by atoms with Crippen LogP contribution in [0.1, 0.15) is 150 Å². The SMILES string of the molecule is CC/C=C/CCCCCCCC.CC/C=C\CC(C)=O.COC(=O)CCCCCCC/C=C/CC(C)=O. The lowest BCUT2D eigenvalue weighted by Gasteiger charge is -1.99. The van der Waals surface area contributed by atoms with E-state index in [1.807, 2.05) is 18.2 Å². The van der Waals surface area contributed by atoms with Gasteiger partial charge in [0.1, 0.15) is 11.6 Å². The molecule has 0 rings (SSSR count). The Labute approximate surface area is 230 Å². The van der Waals surface area contributed by atoms with Crippen molar-refractivity contribution in [3.63, 3.8) is 0 Å². The summed E-state index contributed by atoms with van der Waals surface area (Å²) in [6.45, 7) is 9.71. The van der Waals surface area contributed by atoms with E-state index in [0.29, 0.717) is 19.3 Å². The average molecular weight is 521 g/mol. The molecule has 0 N–H and O–H groups in total. The van der Waals surface area contributed by atoms with Crippen molar-refractivity contribution < 1.29 is 19.1 Å². The highest BCUT2D eigenvalue weighted by Gasteiger charge is 1.98. The second-order valence-corrected chi connectivity index (χ2v) is 9.48. The third kappa shape index (κ3) is 47.8. The molecule has 0 bridgehead atoms. The Morgan fingerprint density at radius 2 is 0.946 bits per heavy atom. The van der Waals surface area contributed by atoms with Crippen molar-refractivity contribution in [1.29, 1.82) is 0 Å². The van der Waals surface area contributed by atoms with Gasteiger partial charge >= 0.3 is 5.97 Å². The maximum atomic E-state index is 10.8. The molecule has 4 nitrogen and oxygen atoms in total. The maximum absolute atomic E-state index is 10.8. The molecule has 0 aliphatic heterocycles. The molecule has 0 aromatic carbocycles. The van der Waals surface area contributed by atoms with Crippen LogP contribution in [-0.2, 0) is 19.1 Å². The summed E-state index contributed by atoms with van der Waals surface area (Å²) in [5.41, 5.74) is 0. The van der Waals surface area contributed by atoms with Crippen molar-refractivity contribution in [1.82, 2.24) is 0 Å². The van der Waals surface area contributed by atoms with Crippen molar-refractivity contribution >= 4 is 17.5 Å². The van der Waals surface area contributed by atoms with E-state index < -0.39 is 0 Å². The first-order chi connectivity index (χ1) is 17.8. The number of hydrogen-bond acceptors (Lipinski definition) is 4. The van der Waals surface area contributed by atoms with Crippen LogP contribution in [-0.4, -0.2) is 24.6 Å². The molecule has 0 fully saturated rings. The van der Waals surface area contributed by atoms with E-state index >= 15 is 0 Å². The van der Waals surface area contributed by atoms with Crippen LogP contribution in [0.25, 0.3) is 0 Å². The van der Waals surface area contributed by atoms with Crippen molar-refractivity contribution in [2.24, 2.45) is 0 Å². The molecule has 216 valence electrons. The van der Waals surface area contributed by atoms with Gasteiger partial charge in [-0.1, -0.05) is 109 Å². The molecule has 0 amide bonds. The molecule has 0 saturated heterocycles. The molecule has 0 saturated carbocycles. The fourth-order valence-corrected chi connectivity index (χ4v) is 3.27. The van der Waals surface area contributed by atoms with Crippen molar-refractivity contribution in [3.8, 4) is 0 Å². The maximum Gasteiger partial charge on any atom is 0.305 e. The first-order valence-corrected chi connectivity index (χ1v) is 14.9. The third-order valence-corrected chi connectivity index (χ3v) is 5.49. The van der Waals surface area contributed by atoms with Gasteiger partial charge in [-0.15, -0.1) is 0 Å². The predicted octanol–water partition coefficient (Wildman–Crippen LogP) is 10.1. The number of ether oxygens (including phenoxy) is 1. The van der Waals surface area contributed by atoms with E-state index in [2.05, 4.69) is 43.7 Å². The molecule has 0 aromatic rings. The van der Waals surface area contributed by atoms with Crippen LogP contribution >= 0.6 is 0 Å². The fourth-order valence-electron chi connectivity index (χ4n) is 3.27. The first kappa shape index (κ1) is 39.5. The monoisotopic (exact) mass is 520 g/mol. The van der Waals surface area contributed by atoms with E-state index in [4.69, 9.17) is 0 Å². The number of rotatable bonds is 21. The molecular formula is C33H60O4. The van der Waals surface area contributed by atoms with E-state index in [-0.39, 0.29) is 17.5 Å². The third-order valence-electron chi connectivity index (χ3n) is 5.49. The van der Waals surface area contributed by atoms with Crippen LogP contribution in [0.5, 0.6) is 0 Å². The molecule has 0 radical (unpaired) electrons. The van der Waals surface area contributed by atoms with Crippen LogP contribution in [0.2, 0.25) is 0 Å². The number of allylic oxidation sites excluding steroid dienone is 6. The first-order valence-electron chi connectivity index (χ1n) is 14.9. The van der Waals surface area contributed by atoms with Gasteiger partial charge < -0.3 is 4.74 Å². The molecule has 0 aliphatic rings. The predicted molar refractivity (Wildman–Crippen MR) is 161 cm³/mol. The van der Waals surface area contributed by atoms with Crippen LogP contribution in [0.15, 0.2) is 36.5 Å². The average Bonchev–Trinajstić information content (AvgIpc) is 2.87. The van der Waals surface area contributed by atoms with E-state index in [0.717, 1.165) is 38.5 Å². The van der Waals surface area contributed by atoms with Crippen LogP contribution in [0.3, 0.4) is 0 Å². The van der Waals surface area contributed by atoms with E-state index in [9.17, 15) is 14.4 Å². The summed E-state index contributed by atoms with van der Waals surface area (Å²) in [6.07, 6.45) is 32.7. The lowest BCUT2D eigenvalue weighted by atomic mass is 10.1. The van der Waals surface area contributed by atoms with Gasteiger partial charge in [0.05, 0.1) is 7.11 Å². The summed E-state index contributed by atoms with van der Waals surface area (Å²) in [5.74, 6) is 0.330. The lowest BCUT2D eigenvalue weighted by molar-refractivity contribution is -0.140. The number of unbranched alkanes of at least 4 members (excludes halogenated alkanes) is 11. The minimum Gasteiger partial charge on any atom is -0.469 e. The Kier molecular flexibility index (Phi) is 38.7. The van der Waals surface area contributed by atoms with Crippen molar-refractivity contribution in [2.75, 3.05) is 7.11 Å². The number of Topliss-reactive ketones (excluding diaryl/α,β-unsaturated/α-hetero) is 2. The molecule has 0 aliphatic carbocycles. The molecule has 0 spiro atoms. The second kappa shape index (κ2) is 36.2. The highest BCUT2D eigenvalue weighted by Crippen LogP contribution is 2.08. The number of carbonyl (C=O) groups is 3. The number of esters is 1. The van der Waals surface area contributed by atoms with Gasteiger partial charge in [0.15, 0.2) is 0 Å². The Bertz CT molecular complexity index is 587. The normalized spacial score (nSPS) is 10.8. The molecule has 37 heavy (non-hydrogen) atoms. The Morgan fingerprint density at radius 1 is 0.541 bits per heavy atom. The van der Waals surface area contributed by atoms with E-state index in [1.165, 1.54) is 64.9 Å². The highest BCUT2D eigenvalue weighted by molar-refractivity contribution is 5.77. The molecule has 4 heteroatoms. The summed E-state index contributed by atoms with van der Waals surface area (Å²) in [6, 6.07) is 0. The van der Waals surface area contributed by atoms with Gasteiger partial charge in [-0.2, -0.15) is 0 Å². The Morgan fingerprint density at radius 3 is 1.41 bits per heavy atom. The van der Waals surface area contributed by atoms with Crippen LogP contribution < -0.4 is 0 Å². The molecule has 0 aromatic heterocycles.